The first kappa shape index (κ1) is 20.5. The van der Waals surface area contributed by atoms with Gasteiger partial charge in [-0.15, -0.1) is 11.3 Å². The maximum atomic E-state index is 12.8. The van der Waals surface area contributed by atoms with Crippen molar-refractivity contribution in [2.45, 2.75) is 20.3 Å². The topological polar surface area (TPSA) is 84.5 Å². The van der Waals surface area contributed by atoms with E-state index in [9.17, 15) is 14.4 Å². The standard InChI is InChI=1S/C22H22N2O4S/c1-4-28-22(27)19-13(2)18(20(26)23-3)21(29-19)24-17(25)12-15-10-7-9-14-8-5-6-11-16(14)15/h5-11H,4,12H2,1-3H3,(H,23,26)(H,24,25). The number of benzene rings is 2. The molecule has 0 bridgehead atoms. The van der Waals surface area contributed by atoms with Gasteiger partial charge in [0.15, 0.2) is 0 Å². The zero-order valence-electron chi connectivity index (χ0n) is 16.5. The van der Waals surface area contributed by atoms with E-state index in [-0.39, 0.29) is 30.4 Å². The first-order valence-corrected chi connectivity index (χ1v) is 10.1. The molecule has 0 fully saturated rings. The monoisotopic (exact) mass is 410 g/mol. The second kappa shape index (κ2) is 8.87. The predicted molar refractivity (Wildman–Crippen MR) is 115 cm³/mol. The van der Waals surface area contributed by atoms with E-state index in [1.807, 2.05) is 42.5 Å². The number of ether oxygens (including phenoxy) is 1. The van der Waals surface area contributed by atoms with Crippen LogP contribution in [0.3, 0.4) is 0 Å². The lowest BCUT2D eigenvalue weighted by atomic mass is 10.0. The van der Waals surface area contributed by atoms with Crippen molar-refractivity contribution in [3.8, 4) is 0 Å². The SMILES string of the molecule is CCOC(=O)c1sc(NC(=O)Cc2cccc3ccccc23)c(C(=O)NC)c1C. The number of anilines is 1. The van der Waals surface area contributed by atoms with Crippen LogP contribution in [0.4, 0.5) is 5.00 Å². The minimum absolute atomic E-state index is 0.153. The van der Waals surface area contributed by atoms with Gasteiger partial charge in [0.25, 0.3) is 5.91 Å². The van der Waals surface area contributed by atoms with Crippen molar-refractivity contribution in [1.82, 2.24) is 5.32 Å². The number of hydrogen-bond donors (Lipinski definition) is 2. The summed E-state index contributed by atoms with van der Waals surface area (Å²) in [5.41, 5.74) is 1.67. The van der Waals surface area contributed by atoms with E-state index >= 15 is 0 Å². The summed E-state index contributed by atoms with van der Waals surface area (Å²) in [5.74, 6) is -1.13. The molecule has 1 heterocycles. The molecule has 7 heteroatoms. The lowest BCUT2D eigenvalue weighted by Gasteiger charge is -2.08. The van der Waals surface area contributed by atoms with Gasteiger partial charge in [0, 0.05) is 7.05 Å². The Labute approximate surface area is 172 Å². The highest BCUT2D eigenvalue weighted by Gasteiger charge is 2.26. The van der Waals surface area contributed by atoms with Crippen molar-refractivity contribution in [3.05, 3.63) is 64.0 Å². The minimum Gasteiger partial charge on any atom is -0.462 e. The molecule has 0 radical (unpaired) electrons. The Morgan fingerprint density at radius 3 is 2.52 bits per heavy atom. The van der Waals surface area contributed by atoms with E-state index in [1.165, 1.54) is 7.05 Å². The first-order chi connectivity index (χ1) is 14.0. The molecule has 150 valence electrons. The number of thiophene rings is 1. The highest BCUT2D eigenvalue weighted by Crippen LogP contribution is 2.34. The Morgan fingerprint density at radius 1 is 1.07 bits per heavy atom. The summed E-state index contributed by atoms with van der Waals surface area (Å²) in [7, 11) is 1.51. The highest BCUT2D eigenvalue weighted by molar-refractivity contribution is 7.18. The Morgan fingerprint density at radius 2 is 1.79 bits per heavy atom. The fourth-order valence-corrected chi connectivity index (χ4v) is 4.30. The Kier molecular flexibility index (Phi) is 6.29. The predicted octanol–water partition coefficient (Wildman–Crippen LogP) is 3.93. The molecule has 0 atom stereocenters. The van der Waals surface area contributed by atoms with Crippen molar-refractivity contribution in [2.24, 2.45) is 0 Å². The number of hydrogen-bond acceptors (Lipinski definition) is 5. The Balaban J connectivity index is 1.90. The number of nitrogens with one attached hydrogen (secondary N) is 2. The van der Waals surface area contributed by atoms with Gasteiger partial charge in [-0.25, -0.2) is 4.79 Å². The van der Waals surface area contributed by atoms with Crippen LogP contribution in [0.1, 0.15) is 38.1 Å². The molecule has 2 aromatic carbocycles. The molecule has 29 heavy (non-hydrogen) atoms. The molecule has 0 saturated heterocycles. The highest BCUT2D eigenvalue weighted by atomic mass is 32.1. The second-order valence-corrected chi connectivity index (χ2v) is 7.44. The molecule has 0 saturated carbocycles. The van der Waals surface area contributed by atoms with Crippen molar-refractivity contribution in [3.63, 3.8) is 0 Å². The summed E-state index contributed by atoms with van der Waals surface area (Å²) >= 11 is 1.05. The van der Waals surface area contributed by atoms with Crippen LogP contribution in [0.5, 0.6) is 0 Å². The van der Waals surface area contributed by atoms with E-state index < -0.39 is 5.97 Å². The van der Waals surface area contributed by atoms with Gasteiger partial charge in [0.2, 0.25) is 5.91 Å². The van der Waals surface area contributed by atoms with Gasteiger partial charge in [0.1, 0.15) is 9.88 Å². The Hall–Kier alpha value is -3.19. The molecule has 1 aromatic heterocycles. The number of carbonyl (C=O) groups excluding carboxylic acids is 3. The van der Waals surface area contributed by atoms with Gasteiger partial charge >= 0.3 is 5.97 Å². The molecule has 2 N–H and O–H groups in total. The molecule has 0 spiro atoms. The minimum atomic E-state index is -0.505. The molecule has 0 aliphatic heterocycles. The second-order valence-electron chi connectivity index (χ2n) is 6.42. The Bertz CT molecular complexity index is 1080. The molecule has 0 aliphatic carbocycles. The lowest BCUT2D eigenvalue weighted by molar-refractivity contribution is -0.115. The quantitative estimate of drug-likeness (QED) is 0.603. The third-order valence-corrected chi connectivity index (χ3v) is 5.73. The van der Waals surface area contributed by atoms with Crippen molar-refractivity contribution in [1.29, 1.82) is 0 Å². The zero-order chi connectivity index (χ0) is 21.0. The largest absolute Gasteiger partial charge is 0.462 e. The summed E-state index contributed by atoms with van der Waals surface area (Å²) in [5, 5.41) is 7.77. The molecule has 2 amide bonds. The van der Waals surface area contributed by atoms with Crippen LogP contribution in [-0.2, 0) is 16.0 Å². The van der Waals surface area contributed by atoms with Gasteiger partial charge in [-0.3, -0.25) is 9.59 Å². The number of rotatable bonds is 6. The average molecular weight is 410 g/mol. The van der Waals surface area contributed by atoms with Crippen LogP contribution in [-0.4, -0.2) is 31.4 Å². The van der Waals surface area contributed by atoms with Gasteiger partial charge < -0.3 is 15.4 Å². The van der Waals surface area contributed by atoms with Gasteiger partial charge in [-0.1, -0.05) is 42.5 Å². The maximum absolute atomic E-state index is 12.8. The molecule has 0 unspecified atom stereocenters. The normalized spacial score (nSPS) is 10.6. The summed E-state index contributed by atoms with van der Waals surface area (Å²) in [6.07, 6.45) is 0.153. The third-order valence-electron chi connectivity index (χ3n) is 4.55. The number of carbonyl (C=O) groups is 3. The van der Waals surface area contributed by atoms with Crippen LogP contribution < -0.4 is 10.6 Å². The molecule has 3 rings (SSSR count). The molecule has 3 aromatic rings. The van der Waals surface area contributed by atoms with E-state index in [0.29, 0.717) is 15.4 Å². The van der Waals surface area contributed by atoms with E-state index in [2.05, 4.69) is 10.6 Å². The third kappa shape index (κ3) is 4.30. The van der Waals surface area contributed by atoms with Crippen LogP contribution in [0.15, 0.2) is 42.5 Å². The van der Waals surface area contributed by atoms with Crippen molar-refractivity contribution < 1.29 is 19.1 Å². The summed E-state index contributed by atoms with van der Waals surface area (Å²) in [6.45, 7) is 3.62. The van der Waals surface area contributed by atoms with E-state index in [4.69, 9.17) is 4.74 Å². The first-order valence-electron chi connectivity index (χ1n) is 9.25. The number of esters is 1. The summed E-state index contributed by atoms with van der Waals surface area (Å²) < 4.78 is 5.07. The number of amides is 2. The molecule has 6 nitrogen and oxygen atoms in total. The van der Waals surface area contributed by atoms with Crippen LogP contribution >= 0.6 is 11.3 Å². The van der Waals surface area contributed by atoms with E-state index in [1.54, 1.807) is 13.8 Å². The zero-order valence-corrected chi connectivity index (χ0v) is 17.3. The maximum Gasteiger partial charge on any atom is 0.348 e. The fourth-order valence-electron chi connectivity index (χ4n) is 3.18. The van der Waals surface area contributed by atoms with E-state index in [0.717, 1.165) is 27.7 Å². The summed E-state index contributed by atoms with van der Waals surface area (Å²) in [4.78, 5) is 37.6. The number of fused-ring (bicyclic) bond motifs is 1. The van der Waals surface area contributed by atoms with Gasteiger partial charge in [0.05, 0.1) is 18.6 Å². The van der Waals surface area contributed by atoms with Gasteiger partial charge in [-0.05, 0) is 35.7 Å². The van der Waals surface area contributed by atoms with Crippen molar-refractivity contribution >= 4 is 44.9 Å². The van der Waals surface area contributed by atoms with Crippen LogP contribution in [0, 0.1) is 6.92 Å². The lowest BCUT2D eigenvalue weighted by Crippen LogP contribution is -2.22. The molecular weight excluding hydrogens is 388 g/mol. The fraction of sp³-hybridized carbons (Fsp3) is 0.227. The van der Waals surface area contributed by atoms with Crippen LogP contribution in [0.25, 0.3) is 10.8 Å². The van der Waals surface area contributed by atoms with Crippen LogP contribution in [0.2, 0.25) is 0 Å². The van der Waals surface area contributed by atoms with Gasteiger partial charge in [-0.2, -0.15) is 0 Å². The molecule has 0 aliphatic rings. The van der Waals surface area contributed by atoms with Crippen molar-refractivity contribution in [2.75, 3.05) is 19.0 Å². The smallest absolute Gasteiger partial charge is 0.348 e. The average Bonchev–Trinajstić information content (AvgIpc) is 3.03. The molecular formula is C22H22N2O4S. The summed E-state index contributed by atoms with van der Waals surface area (Å²) in [6, 6.07) is 13.7.